The fraction of sp³-hybridized carbons (Fsp3) is 0.294. The zero-order valence-corrected chi connectivity index (χ0v) is 17.6. The summed E-state index contributed by atoms with van der Waals surface area (Å²) in [5, 5.41) is 20.1. The van der Waals surface area contributed by atoms with Gasteiger partial charge in [-0.05, 0) is 22.4 Å². The molecule has 0 bridgehead atoms. The molecule has 0 aliphatic carbocycles. The molecule has 3 aromatic rings. The van der Waals surface area contributed by atoms with Crippen LogP contribution in [-0.2, 0) is 11.3 Å². The summed E-state index contributed by atoms with van der Waals surface area (Å²) < 4.78 is 11.4. The molecule has 1 amide bonds. The number of quaternary nitrogens is 1. The van der Waals surface area contributed by atoms with E-state index in [-0.39, 0.29) is 17.3 Å². The molecule has 1 saturated heterocycles. The minimum absolute atomic E-state index is 0.0291. The van der Waals surface area contributed by atoms with Crippen molar-refractivity contribution in [2.24, 2.45) is 5.10 Å². The number of aromatic nitrogens is 5. The van der Waals surface area contributed by atoms with Gasteiger partial charge in [0.05, 0.1) is 29.5 Å². The van der Waals surface area contributed by atoms with Crippen LogP contribution in [0, 0.1) is 0 Å². The largest absolute Gasteiger partial charge is 0.378 e. The van der Waals surface area contributed by atoms with Gasteiger partial charge in [-0.2, -0.15) is 9.78 Å². The number of rotatable bonds is 6. The van der Waals surface area contributed by atoms with Crippen LogP contribution in [0.15, 0.2) is 27.9 Å². The normalized spacial score (nSPS) is 14.9. The van der Waals surface area contributed by atoms with E-state index in [9.17, 15) is 4.79 Å². The van der Waals surface area contributed by atoms with Crippen LogP contribution in [0.25, 0.3) is 5.82 Å². The first-order valence-electron chi connectivity index (χ1n) is 9.26. The number of nitrogens with zero attached hydrogens (tertiary/aromatic N) is 6. The number of carbonyl (C=O) groups excluding carboxylic acids is 1. The molecule has 0 spiro atoms. The van der Waals surface area contributed by atoms with Crippen LogP contribution in [-0.4, -0.2) is 63.7 Å². The highest BCUT2D eigenvalue weighted by Crippen LogP contribution is 2.22. The molecule has 162 valence electrons. The van der Waals surface area contributed by atoms with Crippen molar-refractivity contribution in [1.82, 2.24) is 30.7 Å². The summed E-state index contributed by atoms with van der Waals surface area (Å²) in [6.45, 7) is 3.21. The van der Waals surface area contributed by atoms with Gasteiger partial charge in [0, 0.05) is 5.56 Å². The highest BCUT2D eigenvalue weighted by atomic mass is 35.5. The van der Waals surface area contributed by atoms with Gasteiger partial charge in [0.25, 0.3) is 5.91 Å². The Kier molecular flexibility index (Phi) is 6.42. The number of amides is 1. The minimum atomic E-state index is -0.566. The Labute approximate surface area is 185 Å². The van der Waals surface area contributed by atoms with Crippen LogP contribution in [0.1, 0.15) is 21.7 Å². The van der Waals surface area contributed by atoms with Gasteiger partial charge in [-0.25, -0.2) is 10.1 Å². The third kappa shape index (κ3) is 4.66. The van der Waals surface area contributed by atoms with E-state index >= 15 is 0 Å². The first-order valence-corrected chi connectivity index (χ1v) is 10.0. The van der Waals surface area contributed by atoms with E-state index in [0.717, 1.165) is 13.1 Å². The number of halogens is 2. The average molecular weight is 467 g/mol. The molecule has 1 fully saturated rings. The Morgan fingerprint density at radius 1 is 1.29 bits per heavy atom. The molecule has 31 heavy (non-hydrogen) atoms. The number of carbonyl (C=O) groups is 1. The van der Waals surface area contributed by atoms with Gasteiger partial charge >= 0.3 is 0 Å². The van der Waals surface area contributed by atoms with E-state index in [1.54, 1.807) is 18.2 Å². The number of anilines is 1. The molecule has 4 N–H and O–H groups in total. The van der Waals surface area contributed by atoms with Gasteiger partial charge in [0.15, 0.2) is 5.69 Å². The highest BCUT2D eigenvalue weighted by molar-refractivity contribution is 6.38. The second kappa shape index (κ2) is 9.39. The Hall–Kier alpha value is -3.06. The molecule has 0 radical (unpaired) electrons. The zero-order chi connectivity index (χ0) is 21.8. The van der Waals surface area contributed by atoms with Crippen molar-refractivity contribution in [1.29, 1.82) is 0 Å². The molecule has 2 aromatic heterocycles. The SMILES string of the molecule is Nc1nonc1-n1nnc(C(=O)N/N=C\c2c(Cl)cccc2Cl)c1C[NH+]1CCOCC1. The van der Waals surface area contributed by atoms with Crippen molar-refractivity contribution in [3.05, 3.63) is 45.2 Å². The van der Waals surface area contributed by atoms with Crippen LogP contribution in [0.5, 0.6) is 0 Å². The fourth-order valence-electron chi connectivity index (χ4n) is 3.06. The maximum absolute atomic E-state index is 12.8. The van der Waals surface area contributed by atoms with Crippen LogP contribution in [0.2, 0.25) is 10.0 Å². The van der Waals surface area contributed by atoms with Gasteiger partial charge < -0.3 is 15.4 Å². The lowest BCUT2D eigenvalue weighted by Gasteiger charge is -2.23. The minimum Gasteiger partial charge on any atom is -0.378 e. The number of nitrogens with one attached hydrogen (secondary N) is 2. The smallest absolute Gasteiger partial charge is 0.294 e. The molecule has 0 saturated carbocycles. The van der Waals surface area contributed by atoms with Gasteiger partial charge in [-0.1, -0.05) is 34.5 Å². The predicted molar refractivity (Wildman–Crippen MR) is 110 cm³/mol. The average Bonchev–Trinajstić information content (AvgIpc) is 3.36. The molecular weight excluding hydrogens is 449 g/mol. The van der Waals surface area contributed by atoms with E-state index < -0.39 is 5.91 Å². The number of nitrogens with two attached hydrogens (primary N) is 1. The van der Waals surface area contributed by atoms with Crippen molar-refractivity contribution in [2.45, 2.75) is 6.54 Å². The Balaban J connectivity index is 1.59. The summed E-state index contributed by atoms with van der Waals surface area (Å²) in [6, 6.07) is 5.05. The summed E-state index contributed by atoms with van der Waals surface area (Å²) in [5.74, 6) is -0.384. The number of morpholine rings is 1. The number of nitrogen functional groups attached to an aromatic ring is 1. The number of benzene rings is 1. The molecular formula is C17H18Cl2N9O3+. The van der Waals surface area contributed by atoms with Crippen molar-refractivity contribution in [3.8, 4) is 5.82 Å². The Bertz CT molecular complexity index is 1090. The fourth-order valence-corrected chi connectivity index (χ4v) is 3.56. The van der Waals surface area contributed by atoms with Crippen molar-refractivity contribution in [2.75, 3.05) is 32.0 Å². The summed E-state index contributed by atoms with van der Waals surface area (Å²) in [6.07, 6.45) is 1.36. The first-order chi connectivity index (χ1) is 15.0. The molecule has 1 aliphatic rings. The highest BCUT2D eigenvalue weighted by Gasteiger charge is 2.28. The van der Waals surface area contributed by atoms with Crippen LogP contribution >= 0.6 is 23.2 Å². The Morgan fingerprint density at radius 3 is 2.71 bits per heavy atom. The second-order valence-corrected chi connectivity index (χ2v) is 7.46. The van der Waals surface area contributed by atoms with E-state index in [4.69, 9.17) is 33.7 Å². The summed E-state index contributed by atoms with van der Waals surface area (Å²) in [7, 11) is 0. The van der Waals surface area contributed by atoms with E-state index in [2.05, 4.69) is 35.8 Å². The Morgan fingerprint density at radius 2 is 2.03 bits per heavy atom. The molecule has 0 unspecified atom stereocenters. The van der Waals surface area contributed by atoms with Gasteiger partial charge in [0.1, 0.15) is 25.3 Å². The first kappa shape index (κ1) is 21.2. The zero-order valence-electron chi connectivity index (χ0n) is 16.1. The van der Waals surface area contributed by atoms with Crippen molar-refractivity contribution < 1.29 is 19.1 Å². The van der Waals surface area contributed by atoms with Crippen LogP contribution in [0.4, 0.5) is 5.82 Å². The number of hydrogen-bond acceptors (Lipinski definition) is 9. The maximum Gasteiger partial charge on any atom is 0.294 e. The molecule has 14 heteroatoms. The summed E-state index contributed by atoms with van der Waals surface area (Å²) in [5.41, 5.74) is 9.27. The lowest BCUT2D eigenvalue weighted by Crippen LogP contribution is -3.12. The lowest BCUT2D eigenvalue weighted by atomic mass is 10.2. The van der Waals surface area contributed by atoms with Crippen LogP contribution in [0.3, 0.4) is 0 Å². The molecule has 12 nitrogen and oxygen atoms in total. The molecule has 4 rings (SSSR count). The number of ether oxygens (including phenoxy) is 1. The molecule has 3 heterocycles. The van der Waals surface area contributed by atoms with E-state index in [1.807, 2.05) is 0 Å². The number of hydrazone groups is 1. The van der Waals surface area contributed by atoms with E-state index in [1.165, 1.54) is 15.8 Å². The van der Waals surface area contributed by atoms with Gasteiger partial charge in [0.2, 0.25) is 11.6 Å². The third-order valence-corrected chi connectivity index (χ3v) is 5.31. The number of hydrogen-bond donors (Lipinski definition) is 3. The molecule has 1 aliphatic heterocycles. The summed E-state index contributed by atoms with van der Waals surface area (Å²) >= 11 is 12.2. The van der Waals surface area contributed by atoms with Crippen molar-refractivity contribution in [3.63, 3.8) is 0 Å². The topological polar surface area (TPSA) is 151 Å². The third-order valence-electron chi connectivity index (χ3n) is 4.65. The lowest BCUT2D eigenvalue weighted by molar-refractivity contribution is -0.921. The quantitative estimate of drug-likeness (QED) is 0.331. The molecule has 1 aromatic carbocycles. The maximum atomic E-state index is 12.8. The monoisotopic (exact) mass is 466 g/mol. The van der Waals surface area contributed by atoms with Crippen molar-refractivity contribution >= 4 is 41.1 Å². The predicted octanol–water partition coefficient (Wildman–Crippen LogP) is -0.282. The van der Waals surface area contributed by atoms with Gasteiger partial charge in [-0.15, -0.1) is 5.10 Å². The summed E-state index contributed by atoms with van der Waals surface area (Å²) in [4.78, 5) is 14.0. The van der Waals surface area contributed by atoms with Gasteiger partial charge in [-0.3, -0.25) is 4.79 Å². The molecule has 0 atom stereocenters. The van der Waals surface area contributed by atoms with E-state index in [0.29, 0.717) is 41.1 Å². The van der Waals surface area contributed by atoms with Crippen LogP contribution < -0.4 is 16.1 Å². The standard InChI is InChI=1S/C17H17Cl2N9O3/c18-11-2-1-3-12(19)10(11)8-21-23-17(29)14-13(9-27-4-6-30-7-5-27)28(26-22-14)16-15(20)24-31-25-16/h1-3,8H,4-7,9H2,(H2,20,24)(H,23,29)/p+1/b21-8-. The second-order valence-electron chi connectivity index (χ2n) is 6.64.